The number of hydrogen-bond donors (Lipinski definition) is 1. The highest BCUT2D eigenvalue weighted by atomic mass is 79.9. The minimum absolute atomic E-state index is 0.0148. The molecule has 3 nitrogen and oxygen atoms in total. The van der Waals surface area contributed by atoms with Crippen LogP contribution in [0.1, 0.15) is 11.8 Å². The molecule has 0 bridgehead atoms. The largest absolute Gasteiger partial charge is 0.493 e. The molecule has 5 heteroatoms. The van der Waals surface area contributed by atoms with E-state index in [-0.39, 0.29) is 6.61 Å². The van der Waals surface area contributed by atoms with E-state index < -0.39 is 0 Å². The lowest BCUT2D eigenvalue weighted by Crippen LogP contribution is -1.95. The average Bonchev–Trinajstić information content (AvgIpc) is 2.71. The van der Waals surface area contributed by atoms with E-state index in [1.807, 2.05) is 31.2 Å². The lowest BCUT2D eigenvalue weighted by atomic mass is 10.1. The lowest BCUT2D eigenvalue weighted by molar-refractivity contribution is 0.285. The van der Waals surface area contributed by atoms with Crippen molar-refractivity contribution < 1.29 is 9.84 Å². The van der Waals surface area contributed by atoms with E-state index in [0.29, 0.717) is 6.61 Å². The van der Waals surface area contributed by atoms with Crippen molar-refractivity contribution in [2.24, 2.45) is 0 Å². The predicted octanol–water partition coefficient (Wildman–Crippen LogP) is 3.46. The first-order valence-electron chi connectivity index (χ1n) is 5.24. The number of benzene rings is 1. The van der Waals surface area contributed by atoms with E-state index in [1.54, 1.807) is 0 Å². The number of thiazole rings is 1. The van der Waals surface area contributed by atoms with Crippen molar-refractivity contribution in [1.82, 2.24) is 4.98 Å². The molecule has 1 aromatic carbocycles. The minimum Gasteiger partial charge on any atom is -0.493 e. The molecule has 0 amide bonds. The van der Waals surface area contributed by atoms with Gasteiger partial charge < -0.3 is 9.84 Å². The molecule has 0 aliphatic heterocycles. The third-order valence-corrected chi connectivity index (χ3v) is 3.75. The van der Waals surface area contributed by atoms with Gasteiger partial charge in [0.1, 0.15) is 5.75 Å². The summed E-state index contributed by atoms with van der Waals surface area (Å²) in [6.45, 7) is 2.54. The molecule has 0 radical (unpaired) electrons. The first-order chi connectivity index (χ1) is 8.26. The highest BCUT2D eigenvalue weighted by Crippen LogP contribution is 2.36. The summed E-state index contributed by atoms with van der Waals surface area (Å²) in [6, 6.07) is 7.72. The Hall–Kier alpha value is -0.910. The van der Waals surface area contributed by atoms with E-state index in [9.17, 15) is 5.11 Å². The SMILES string of the molecule is CCOc1ccccc1-c1nc(Br)sc1CO. The Balaban J connectivity index is 2.51. The fourth-order valence-electron chi connectivity index (χ4n) is 1.58. The van der Waals surface area contributed by atoms with Crippen molar-refractivity contribution in [1.29, 1.82) is 0 Å². The van der Waals surface area contributed by atoms with Crippen molar-refractivity contribution >= 4 is 27.3 Å². The molecule has 0 aliphatic carbocycles. The van der Waals surface area contributed by atoms with Gasteiger partial charge in [0.15, 0.2) is 3.92 Å². The number of nitrogens with zero attached hydrogens (tertiary/aromatic N) is 1. The molecular formula is C12H12BrNO2S. The van der Waals surface area contributed by atoms with Crippen molar-refractivity contribution in [3.63, 3.8) is 0 Å². The van der Waals surface area contributed by atoms with Gasteiger partial charge in [-0.2, -0.15) is 0 Å². The molecular weight excluding hydrogens is 302 g/mol. The van der Waals surface area contributed by atoms with Crippen LogP contribution in [0.4, 0.5) is 0 Å². The second kappa shape index (κ2) is 5.62. The maximum absolute atomic E-state index is 9.32. The first-order valence-corrected chi connectivity index (χ1v) is 6.85. The molecule has 1 N–H and O–H groups in total. The van der Waals surface area contributed by atoms with E-state index in [4.69, 9.17) is 4.74 Å². The zero-order valence-corrected chi connectivity index (χ0v) is 11.7. The van der Waals surface area contributed by atoms with E-state index in [2.05, 4.69) is 20.9 Å². The number of rotatable bonds is 4. The molecule has 2 rings (SSSR count). The molecule has 0 atom stereocenters. The number of ether oxygens (including phenoxy) is 1. The normalized spacial score (nSPS) is 10.5. The topological polar surface area (TPSA) is 42.4 Å². The highest BCUT2D eigenvalue weighted by Gasteiger charge is 2.14. The van der Waals surface area contributed by atoms with Gasteiger partial charge in [-0.25, -0.2) is 4.98 Å². The fourth-order valence-corrected chi connectivity index (χ4v) is 3.00. The maximum Gasteiger partial charge on any atom is 0.160 e. The first kappa shape index (κ1) is 12.5. The molecule has 0 fully saturated rings. The summed E-state index contributed by atoms with van der Waals surface area (Å²) < 4.78 is 6.33. The number of para-hydroxylation sites is 1. The molecule has 1 heterocycles. The van der Waals surface area contributed by atoms with Gasteiger partial charge in [0.05, 0.1) is 23.8 Å². The summed E-state index contributed by atoms with van der Waals surface area (Å²) in [6.07, 6.45) is 0. The van der Waals surface area contributed by atoms with Crippen molar-refractivity contribution in [2.45, 2.75) is 13.5 Å². The van der Waals surface area contributed by atoms with Crippen LogP contribution in [-0.4, -0.2) is 16.7 Å². The summed E-state index contributed by atoms with van der Waals surface area (Å²) in [5, 5.41) is 9.32. The molecule has 0 unspecified atom stereocenters. The van der Waals surface area contributed by atoms with Crippen LogP contribution in [-0.2, 0) is 6.61 Å². The quantitative estimate of drug-likeness (QED) is 0.940. The molecule has 2 aromatic rings. The molecule has 0 spiro atoms. The number of aliphatic hydroxyl groups excluding tert-OH is 1. The summed E-state index contributed by atoms with van der Waals surface area (Å²) in [5.74, 6) is 0.794. The van der Waals surface area contributed by atoms with Crippen LogP contribution in [0.15, 0.2) is 28.2 Å². The Kier molecular flexibility index (Phi) is 4.15. The van der Waals surface area contributed by atoms with Crippen LogP contribution in [0, 0.1) is 0 Å². The second-order valence-corrected chi connectivity index (χ2v) is 5.69. The Bertz CT molecular complexity index is 513. The fraction of sp³-hybridized carbons (Fsp3) is 0.250. The molecule has 90 valence electrons. The predicted molar refractivity (Wildman–Crippen MR) is 72.3 cm³/mol. The van der Waals surface area contributed by atoms with Gasteiger partial charge in [0.2, 0.25) is 0 Å². The van der Waals surface area contributed by atoms with Crippen LogP contribution in [0.3, 0.4) is 0 Å². The van der Waals surface area contributed by atoms with Gasteiger partial charge in [-0.3, -0.25) is 0 Å². The third kappa shape index (κ3) is 2.68. The Morgan fingerprint density at radius 2 is 2.18 bits per heavy atom. The molecule has 0 aliphatic rings. The lowest BCUT2D eigenvalue weighted by Gasteiger charge is -2.08. The zero-order chi connectivity index (χ0) is 12.3. The summed E-state index contributed by atoms with van der Waals surface area (Å²) in [4.78, 5) is 5.23. The Labute approximate surface area is 112 Å². The molecule has 1 aromatic heterocycles. The van der Waals surface area contributed by atoms with Gasteiger partial charge in [0, 0.05) is 5.56 Å². The molecule has 0 saturated carbocycles. The summed E-state index contributed by atoms with van der Waals surface area (Å²) in [7, 11) is 0. The zero-order valence-electron chi connectivity index (χ0n) is 9.31. The van der Waals surface area contributed by atoms with Crippen LogP contribution in [0.2, 0.25) is 0 Å². The molecule has 0 saturated heterocycles. The highest BCUT2D eigenvalue weighted by molar-refractivity contribution is 9.11. The van der Waals surface area contributed by atoms with Crippen molar-refractivity contribution in [3.05, 3.63) is 33.1 Å². The standard InChI is InChI=1S/C12H12BrNO2S/c1-2-16-9-6-4-3-5-8(9)11-10(7-15)17-12(13)14-11/h3-6,15H,2,7H2,1H3. The van der Waals surface area contributed by atoms with Crippen molar-refractivity contribution in [2.75, 3.05) is 6.61 Å². The van der Waals surface area contributed by atoms with Crippen LogP contribution in [0.25, 0.3) is 11.3 Å². The summed E-state index contributed by atoms with van der Waals surface area (Å²) in [5.41, 5.74) is 1.70. The Morgan fingerprint density at radius 1 is 1.41 bits per heavy atom. The second-order valence-electron chi connectivity index (χ2n) is 3.33. The average molecular weight is 314 g/mol. The van der Waals surface area contributed by atoms with Crippen LogP contribution in [0.5, 0.6) is 5.75 Å². The summed E-state index contributed by atoms with van der Waals surface area (Å²) >= 11 is 4.78. The van der Waals surface area contributed by atoms with E-state index in [0.717, 1.165) is 25.8 Å². The number of halogens is 1. The maximum atomic E-state index is 9.32. The smallest absolute Gasteiger partial charge is 0.160 e. The van der Waals surface area contributed by atoms with Crippen LogP contribution < -0.4 is 4.74 Å². The van der Waals surface area contributed by atoms with Crippen LogP contribution >= 0.6 is 27.3 Å². The minimum atomic E-state index is -0.0148. The van der Waals surface area contributed by atoms with Gasteiger partial charge in [-0.05, 0) is 35.0 Å². The number of aliphatic hydroxyl groups is 1. The molecule has 17 heavy (non-hydrogen) atoms. The van der Waals surface area contributed by atoms with Gasteiger partial charge in [0.25, 0.3) is 0 Å². The van der Waals surface area contributed by atoms with Crippen molar-refractivity contribution in [3.8, 4) is 17.0 Å². The monoisotopic (exact) mass is 313 g/mol. The Morgan fingerprint density at radius 3 is 2.88 bits per heavy atom. The van der Waals surface area contributed by atoms with Gasteiger partial charge in [-0.1, -0.05) is 12.1 Å². The van der Waals surface area contributed by atoms with Gasteiger partial charge in [-0.15, -0.1) is 11.3 Å². The van der Waals surface area contributed by atoms with E-state index in [1.165, 1.54) is 11.3 Å². The number of aromatic nitrogens is 1. The van der Waals surface area contributed by atoms with E-state index >= 15 is 0 Å². The third-order valence-electron chi connectivity index (χ3n) is 2.26. The number of hydrogen-bond acceptors (Lipinski definition) is 4. The van der Waals surface area contributed by atoms with Gasteiger partial charge >= 0.3 is 0 Å².